The van der Waals surface area contributed by atoms with E-state index in [1.54, 1.807) is 41.3 Å². The minimum absolute atomic E-state index is 0.179. The van der Waals surface area contributed by atoms with Crippen LogP contribution in [0.2, 0.25) is 0 Å². The molecule has 1 heterocycles. The average Bonchev–Trinajstić information content (AvgIpc) is 2.78. The van der Waals surface area contributed by atoms with E-state index in [2.05, 4.69) is 6.07 Å². The molecule has 0 aromatic heterocycles. The second-order valence-corrected chi connectivity index (χ2v) is 9.81. The number of nitrogens with zero attached hydrogens (tertiary/aromatic N) is 2. The van der Waals surface area contributed by atoms with Crippen LogP contribution in [0.3, 0.4) is 0 Å². The molecule has 0 N–H and O–H groups in total. The number of sulfonamides is 1. The summed E-state index contributed by atoms with van der Waals surface area (Å²) < 4.78 is 28.4. The van der Waals surface area contributed by atoms with Crippen molar-refractivity contribution >= 4 is 21.6 Å². The Morgan fingerprint density at radius 2 is 1.55 bits per heavy atom. The molecule has 6 heteroatoms. The molecule has 0 radical (unpaired) electrons. The van der Waals surface area contributed by atoms with Crippen molar-refractivity contribution in [3.05, 3.63) is 95.1 Å². The predicted octanol–water partition coefficient (Wildman–Crippen LogP) is 4.08. The number of carbonyl (C=O) groups is 1. The van der Waals surface area contributed by atoms with E-state index in [4.69, 9.17) is 0 Å². The lowest BCUT2D eigenvalue weighted by atomic mass is 10.00. The molecule has 0 saturated heterocycles. The lowest BCUT2D eigenvalue weighted by molar-refractivity contribution is -0.130. The maximum Gasteiger partial charge on any atom is 0.264 e. The Morgan fingerprint density at radius 1 is 0.903 bits per heavy atom. The van der Waals surface area contributed by atoms with Gasteiger partial charge in [-0.25, -0.2) is 8.42 Å². The molecule has 1 amide bonds. The topological polar surface area (TPSA) is 57.7 Å². The van der Waals surface area contributed by atoms with Crippen molar-refractivity contribution in [1.82, 2.24) is 4.90 Å². The minimum atomic E-state index is -3.90. The number of anilines is 1. The fraction of sp³-hybridized carbons (Fsp3) is 0.240. The van der Waals surface area contributed by atoms with Crippen LogP contribution in [0.25, 0.3) is 0 Å². The second kappa shape index (κ2) is 8.55. The zero-order chi connectivity index (χ0) is 22.0. The second-order valence-electron chi connectivity index (χ2n) is 7.95. The molecule has 0 spiro atoms. The maximum absolute atomic E-state index is 13.6. The Kier molecular flexibility index (Phi) is 5.83. The van der Waals surface area contributed by atoms with Gasteiger partial charge >= 0.3 is 0 Å². The third-order valence-corrected chi connectivity index (χ3v) is 7.53. The molecule has 160 valence electrons. The standard InChI is InChI=1S/C25H26N2O3S/c1-19-11-13-23(14-12-19)31(29,30)27(24-10-6-3-7-20(24)2)18-25(28)26-16-15-21-8-4-5-9-22(21)17-26/h3-14H,15-18H2,1-2H3. The molecule has 31 heavy (non-hydrogen) atoms. The van der Waals surface area contributed by atoms with E-state index in [1.165, 1.54) is 9.87 Å². The first-order chi connectivity index (χ1) is 14.9. The van der Waals surface area contributed by atoms with Crippen LogP contribution in [-0.2, 0) is 27.8 Å². The number of rotatable bonds is 5. The number of carbonyl (C=O) groups excluding carboxylic acids is 1. The van der Waals surface area contributed by atoms with Gasteiger partial charge in [-0.15, -0.1) is 0 Å². The highest BCUT2D eigenvalue weighted by Crippen LogP contribution is 2.28. The number of amides is 1. The molecule has 3 aromatic rings. The summed E-state index contributed by atoms with van der Waals surface area (Å²) in [4.78, 5) is 15.2. The van der Waals surface area contributed by atoms with E-state index in [0.717, 1.165) is 23.1 Å². The Morgan fingerprint density at radius 3 is 2.26 bits per heavy atom. The Balaban J connectivity index is 1.66. The number of hydrogen-bond donors (Lipinski definition) is 0. The molecule has 4 rings (SSSR count). The number of benzene rings is 3. The fourth-order valence-corrected chi connectivity index (χ4v) is 5.39. The molecule has 0 fully saturated rings. The van der Waals surface area contributed by atoms with E-state index >= 15 is 0 Å². The molecule has 0 bridgehead atoms. The lowest BCUT2D eigenvalue weighted by Gasteiger charge is -2.32. The van der Waals surface area contributed by atoms with Gasteiger partial charge in [0.05, 0.1) is 10.6 Å². The first-order valence-corrected chi connectivity index (χ1v) is 11.8. The molecule has 0 atom stereocenters. The molecule has 0 unspecified atom stereocenters. The third kappa shape index (κ3) is 4.35. The van der Waals surface area contributed by atoms with Crippen LogP contribution in [0, 0.1) is 13.8 Å². The highest BCUT2D eigenvalue weighted by Gasteiger charge is 2.30. The van der Waals surface area contributed by atoms with Crippen molar-refractivity contribution in [2.75, 3.05) is 17.4 Å². The van der Waals surface area contributed by atoms with Crippen molar-refractivity contribution in [3.63, 3.8) is 0 Å². The van der Waals surface area contributed by atoms with Gasteiger partial charge in [0, 0.05) is 13.1 Å². The minimum Gasteiger partial charge on any atom is -0.336 e. The highest BCUT2D eigenvalue weighted by molar-refractivity contribution is 7.92. The SMILES string of the molecule is Cc1ccc(S(=O)(=O)N(CC(=O)N2CCc3ccccc3C2)c2ccccc2C)cc1. The summed E-state index contributed by atoms with van der Waals surface area (Å²) in [5, 5.41) is 0. The van der Waals surface area contributed by atoms with Crippen LogP contribution in [0.15, 0.2) is 77.7 Å². The summed E-state index contributed by atoms with van der Waals surface area (Å²) in [5.41, 5.74) is 4.66. The maximum atomic E-state index is 13.6. The average molecular weight is 435 g/mol. The molecule has 3 aromatic carbocycles. The highest BCUT2D eigenvalue weighted by atomic mass is 32.2. The summed E-state index contributed by atoms with van der Waals surface area (Å²) in [7, 11) is -3.90. The van der Waals surface area contributed by atoms with Gasteiger partial charge in [-0.2, -0.15) is 0 Å². The van der Waals surface area contributed by atoms with Gasteiger partial charge in [-0.3, -0.25) is 9.10 Å². The largest absolute Gasteiger partial charge is 0.336 e. The van der Waals surface area contributed by atoms with Crippen molar-refractivity contribution in [3.8, 4) is 0 Å². The molecule has 5 nitrogen and oxygen atoms in total. The lowest BCUT2D eigenvalue weighted by Crippen LogP contribution is -2.45. The Bertz CT molecular complexity index is 1200. The number of fused-ring (bicyclic) bond motifs is 1. The van der Waals surface area contributed by atoms with E-state index < -0.39 is 10.0 Å². The van der Waals surface area contributed by atoms with Gasteiger partial charge in [-0.05, 0) is 55.2 Å². The molecule has 1 aliphatic heterocycles. The van der Waals surface area contributed by atoms with Gasteiger partial charge in [0.15, 0.2) is 0 Å². The van der Waals surface area contributed by atoms with E-state index in [-0.39, 0.29) is 17.3 Å². The zero-order valence-electron chi connectivity index (χ0n) is 17.8. The number of hydrogen-bond acceptors (Lipinski definition) is 3. The Hall–Kier alpha value is -3.12. The fourth-order valence-electron chi connectivity index (χ4n) is 3.91. The van der Waals surface area contributed by atoms with Gasteiger partial charge in [0.2, 0.25) is 5.91 Å². The van der Waals surface area contributed by atoms with Crippen LogP contribution >= 0.6 is 0 Å². The summed E-state index contributed by atoms with van der Waals surface area (Å²) in [5.74, 6) is -0.201. The monoisotopic (exact) mass is 434 g/mol. The molecule has 1 aliphatic rings. The van der Waals surface area contributed by atoms with Crippen LogP contribution in [0.1, 0.15) is 22.3 Å². The van der Waals surface area contributed by atoms with Crippen molar-refractivity contribution < 1.29 is 13.2 Å². The molecular weight excluding hydrogens is 408 g/mol. The summed E-state index contributed by atoms with van der Waals surface area (Å²) in [6.07, 6.45) is 0.775. The quantitative estimate of drug-likeness (QED) is 0.608. The van der Waals surface area contributed by atoms with Gasteiger partial charge < -0.3 is 4.90 Å². The van der Waals surface area contributed by atoms with Crippen molar-refractivity contribution in [2.45, 2.75) is 31.7 Å². The van der Waals surface area contributed by atoms with E-state index in [9.17, 15) is 13.2 Å². The van der Waals surface area contributed by atoms with Gasteiger partial charge in [0.1, 0.15) is 6.54 Å². The number of para-hydroxylation sites is 1. The number of aryl methyl sites for hydroxylation is 2. The third-order valence-electron chi connectivity index (χ3n) is 5.76. The van der Waals surface area contributed by atoms with E-state index in [0.29, 0.717) is 18.8 Å². The first-order valence-electron chi connectivity index (χ1n) is 10.4. The van der Waals surface area contributed by atoms with Crippen LogP contribution in [0.4, 0.5) is 5.69 Å². The molecule has 0 saturated carbocycles. The predicted molar refractivity (Wildman–Crippen MR) is 122 cm³/mol. The van der Waals surface area contributed by atoms with Gasteiger partial charge in [0.25, 0.3) is 10.0 Å². The van der Waals surface area contributed by atoms with Crippen molar-refractivity contribution in [1.29, 1.82) is 0 Å². The zero-order valence-corrected chi connectivity index (χ0v) is 18.6. The van der Waals surface area contributed by atoms with Crippen LogP contribution in [0.5, 0.6) is 0 Å². The van der Waals surface area contributed by atoms with Crippen LogP contribution < -0.4 is 4.31 Å². The van der Waals surface area contributed by atoms with E-state index in [1.807, 2.05) is 44.2 Å². The summed E-state index contributed by atoms with van der Waals surface area (Å²) >= 11 is 0. The van der Waals surface area contributed by atoms with Gasteiger partial charge in [-0.1, -0.05) is 60.2 Å². The van der Waals surface area contributed by atoms with Crippen molar-refractivity contribution in [2.24, 2.45) is 0 Å². The molecular formula is C25H26N2O3S. The smallest absolute Gasteiger partial charge is 0.264 e. The summed E-state index contributed by atoms with van der Waals surface area (Å²) in [6.45, 7) is 4.62. The summed E-state index contributed by atoms with van der Waals surface area (Å²) in [6, 6.07) is 22.1. The van der Waals surface area contributed by atoms with Crippen LogP contribution in [-0.4, -0.2) is 32.3 Å². The Labute approximate surface area is 184 Å². The molecule has 0 aliphatic carbocycles. The normalized spacial score (nSPS) is 13.5. The first kappa shape index (κ1) is 21.1.